The molecule has 2 rings (SSSR count). The first-order valence-corrected chi connectivity index (χ1v) is 6.18. The van der Waals surface area contributed by atoms with Crippen molar-refractivity contribution in [2.24, 2.45) is 0 Å². The molecule has 0 spiro atoms. The Morgan fingerprint density at radius 1 is 1.33 bits per heavy atom. The quantitative estimate of drug-likeness (QED) is 0.819. The molecule has 1 aromatic rings. The number of hydrogen-bond acceptors (Lipinski definition) is 4. The van der Waals surface area contributed by atoms with Crippen molar-refractivity contribution in [1.82, 2.24) is 5.32 Å². The minimum absolute atomic E-state index is 0.407. The largest absolute Gasteiger partial charge is 0.368 e. The third-order valence-corrected chi connectivity index (χ3v) is 3.08. The van der Waals surface area contributed by atoms with Gasteiger partial charge in [-0.05, 0) is 24.6 Å². The highest BCUT2D eigenvalue weighted by Gasteiger charge is 2.49. The summed E-state index contributed by atoms with van der Waals surface area (Å²) in [6.07, 6.45) is -0.637. The highest BCUT2D eigenvalue weighted by molar-refractivity contribution is 6.48. The first-order chi connectivity index (χ1) is 8.63. The Hall–Kier alpha value is -1.23. The van der Waals surface area contributed by atoms with Crippen LogP contribution in [0.3, 0.4) is 0 Å². The molecule has 0 saturated heterocycles. The van der Waals surface area contributed by atoms with Crippen molar-refractivity contribution in [2.45, 2.75) is 25.6 Å². The SMILES string of the molecule is CCOC1C(=O)C(=O)C1NCc1cccc(Cl)c1. The summed E-state index contributed by atoms with van der Waals surface area (Å²) >= 11 is 5.86. The maximum absolute atomic E-state index is 11.4. The van der Waals surface area contributed by atoms with Gasteiger partial charge in [-0.15, -0.1) is 0 Å². The molecule has 4 nitrogen and oxygen atoms in total. The van der Waals surface area contributed by atoms with Crippen LogP contribution in [0.4, 0.5) is 0 Å². The minimum Gasteiger partial charge on any atom is -0.368 e. The van der Waals surface area contributed by atoms with Crippen LogP contribution in [0.1, 0.15) is 12.5 Å². The number of ether oxygens (including phenoxy) is 1. The second-order valence-electron chi connectivity index (χ2n) is 4.09. The zero-order valence-electron chi connectivity index (χ0n) is 9.98. The highest BCUT2D eigenvalue weighted by Crippen LogP contribution is 2.17. The molecule has 0 amide bonds. The van der Waals surface area contributed by atoms with E-state index in [2.05, 4.69) is 5.32 Å². The maximum Gasteiger partial charge on any atom is 0.230 e. The zero-order valence-corrected chi connectivity index (χ0v) is 10.7. The van der Waals surface area contributed by atoms with Crippen LogP contribution in [0.15, 0.2) is 24.3 Å². The van der Waals surface area contributed by atoms with Crippen molar-refractivity contribution in [3.05, 3.63) is 34.9 Å². The van der Waals surface area contributed by atoms with Crippen LogP contribution < -0.4 is 5.32 Å². The lowest BCUT2D eigenvalue weighted by atomic mass is 9.85. The summed E-state index contributed by atoms with van der Waals surface area (Å²) < 4.78 is 5.23. The first-order valence-electron chi connectivity index (χ1n) is 5.81. The molecule has 2 atom stereocenters. The summed E-state index contributed by atoms with van der Waals surface area (Å²) in [7, 11) is 0. The second-order valence-corrected chi connectivity index (χ2v) is 4.53. The number of carbonyl (C=O) groups is 2. The Kier molecular flexibility index (Phi) is 4.11. The first kappa shape index (κ1) is 13.2. The smallest absolute Gasteiger partial charge is 0.230 e. The predicted octanol–water partition coefficient (Wildman–Crippen LogP) is 1.36. The summed E-state index contributed by atoms with van der Waals surface area (Å²) in [5, 5.41) is 3.67. The molecule has 18 heavy (non-hydrogen) atoms. The van der Waals surface area contributed by atoms with Gasteiger partial charge in [0.05, 0.1) is 0 Å². The molecule has 1 N–H and O–H groups in total. The van der Waals surface area contributed by atoms with Gasteiger partial charge in [-0.3, -0.25) is 9.59 Å². The van der Waals surface area contributed by atoms with E-state index >= 15 is 0 Å². The number of hydrogen-bond donors (Lipinski definition) is 1. The third kappa shape index (κ3) is 2.61. The summed E-state index contributed by atoms with van der Waals surface area (Å²) in [4.78, 5) is 22.7. The van der Waals surface area contributed by atoms with E-state index in [1.54, 1.807) is 13.0 Å². The molecule has 0 bridgehead atoms. The number of Topliss-reactive ketones (excluding diaryl/α,β-unsaturated/α-hetero) is 2. The molecule has 0 heterocycles. The number of carbonyl (C=O) groups excluding carboxylic acids is 2. The van der Waals surface area contributed by atoms with Crippen LogP contribution >= 0.6 is 11.6 Å². The van der Waals surface area contributed by atoms with Gasteiger partial charge in [0.15, 0.2) is 0 Å². The van der Waals surface area contributed by atoms with Crippen molar-refractivity contribution in [3.63, 3.8) is 0 Å². The van der Waals surface area contributed by atoms with Crippen molar-refractivity contribution in [1.29, 1.82) is 0 Å². The van der Waals surface area contributed by atoms with Crippen LogP contribution in [0, 0.1) is 0 Å². The Labute approximate surface area is 110 Å². The van der Waals surface area contributed by atoms with Crippen LogP contribution in [0.25, 0.3) is 0 Å². The monoisotopic (exact) mass is 267 g/mol. The average molecular weight is 268 g/mol. The van der Waals surface area contributed by atoms with E-state index in [1.807, 2.05) is 18.2 Å². The molecule has 1 aliphatic rings. The standard InChI is InChI=1S/C13H14ClNO3/c1-2-18-13-10(11(16)12(13)17)15-7-8-4-3-5-9(14)6-8/h3-6,10,13,15H,2,7H2,1H3. The van der Waals surface area contributed by atoms with Crippen LogP contribution in [0.5, 0.6) is 0 Å². The Morgan fingerprint density at radius 3 is 2.78 bits per heavy atom. The number of benzene rings is 1. The summed E-state index contributed by atoms with van der Waals surface area (Å²) in [5.41, 5.74) is 0.963. The molecule has 1 aliphatic carbocycles. The molecule has 1 saturated carbocycles. The van der Waals surface area contributed by atoms with E-state index in [9.17, 15) is 9.59 Å². The van der Waals surface area contributed by atoms with Gasteiger partial charge in [0.2, 0.25) is 11.6 Å². The second kappa shape index (κ2) is 5.61. The summed E-state index contributed by atoms with van der Waals surface area (Å²) in [5.74, 6) is -0.851. The van der Waals surface area contributed by atoms with Gasteiger partial charge in [0, 0.05) is 18.2 Å². The lowest BCUT2D eigenvalue weighted by Crippen LogP contribution is -2.64. The summed E-state index contributed by atoms with van der Waals surface area (Å²) in [6, 6.07) is 6.81. The third-order valence-electron chi connectivity index (χ3n) is 2.85. The lowest BCUT2D eigenvalue weighted by Gasteiger charge is -2.33. The van der Waals surface area contributed by atoms with E-state index in [-0.39, 0.29) is 0 Å². The van der Waals surface area contributed by atoms with Crippen molar-refractivity contribution in [2.75, 3.05) is 6.61 Å². The van der Waals surface area contributed by atoms with Gasteiger partial charge in [-0.25, -0.2) is 0 Å². The fraction of sp³-hybridized carbons (Fsp3) is 0.385. The van der Waals surface area contributed by atoms with E-state index in [0.717, 1.165) is 5.56 Å². The molecule has 1 fully saturated rings. The van der Waals surface area contributed by atoms with E-state index in [0.29, 0.717) is 18.2 Å². The van der Waals surface area contributed by atoms with Crippen LogP contribution in [0.2, 0.25) is 5.02 Å². The number of ketones is 2. The molecule has 1 aromatic carbocycles. The van der Waals surface area contributed by atoms with Crippen LogP contribution in [-0.4, -0.2) is 30.3 Å². The molecule has 0 aliphatic heterocycles. The van der Waals surface area contributed by atoms with Gasteiger partial charge < -0.3 is 10.1 Å². The Morgan fingerprint density at radius 2 is 2.11 bits per heavy atom. The van der Waals surface area contributed by atoms with E-state index in [1.165, 1.54) is 0 Å². The van der Waals surface area contributed by atoms with Gasteiger partial charge >= 0.3 is 0 Å². The van der Waals surface area contributed by atoms with Crippen LogP contribution in [-0.2, 0) is 20.9 Å². The topological polar surface area (TPSA) is 55.4 Å². The average Bonchev–Trinajstić information content (AvgIpc) is 2.37. The van der Waals surface area contributed by atoms with Crippen molar-refractivity contribution >= 4 is 23.2 Å². The predicted molar refractivity (Wildman–Crippen MR) is 67.5 cm³/mol. The number of rotatable bonds is 5. The van der Waals surface area contributed by atoms with E-state index in [4.69, 9.17) is 16.3 Å². The molecule has 5 heteroatoms. The number of halogens is 1. The highest BCUT2D eigenvalue weighted by atomic mass is 35.5. The van der Waals surface area contributed by atoms with Gasteiger partial charge in [-0.1, -0.05) is 23.7 Å². The van der Waals surface area contributed by atoms with Crippen molar-refractivity contribution < 1.29 is 14.3 Å². The van der Waals surface area contributed by atoms with Gasteiger partial charge in [-0.2, -0.15) is 0 Å². The lowest BCUT2D eigenvalue weighted by molar-refractivity contribution is -0.158. The zero-order chi connectivity index (χ0) is 13.1. The van der Waals surface area contributed by atoms with Gasteiger partial charge in [0.1, 0.15) is 12.1 Å². The molecule has 2 unspecified atom stereocenters. The fourth-order valence-electron chi connectivity index (χ4n) is 1.91. The van der Waals surface area contributed by atoms with Crippen molar-refractivity contribution in [3.8, 4) is 0 Å². The molecular formula is C13H14ClNO3. The molecule has 0 radical (unpaired) electrons. The minimum atomic E-state index is -0.637. The Bertz CT molecular complexity index is 475. The van der Waals surface area contributed by atoms with Gasteiger partial charge in [0.25, 0.3) is 0 Å². The molecular weight excluding hydrogens is 254 g/mol. The number of nitrogens with one attached hydrogen (secondary N) is 1. The van der Waals surface area contributed by atoms with E-state index < -0.39 is 23.7 Å². The maximum atomic E-state index is 11.4. The summed E-state index contributed by atoms with van der Waals surface area (Å²) in [6.45, 7) is 2.69. The molecule has 0 aromatic heterocycles. The Balaban J connectivity index is 1.93. The normalized spacial score (nSPS) is 23.0. The fourth-order valence-corrected chi connectivity index (χ4v) is 2.12. The molecule has 96 valence electrons.